The average molecular weight is 211 g/mol. The second-order valence-corrected chi connectivity index (χ2v) is 4.70. The standard InChI is InChI=1S/C11H17NOS/c1-9(8-12)7-10(13)4-5-11-3-2-6-14-11/h2-3,6,9H,4-5,7-8,12H2,1H3. The molecular weight excluding hydrogens is 194 g/mol. The van der Waals surface area contributed by atoms with Gasteiger partial charge in [-0.1, -0.05) is 13.0 Å². The van der Waals surface area contributed by atoms with Crippen molar-refractivity contribution >= 4 is 17.1 Å². The van der Waals surface area contributed by atoms with Crippen LogP contribution in [0.1, 0.15) is 24.6 Å². The molecular formula is C11H17NOS. The molecule has 3 heteroatoms. The zero-order valence-corrected chi connectivity index (χ0v) is 9.35. The summed E-state index contributed by atoms with van der Waals surface area (Å²) in [5, 5.41) is 2.04. The van der Waals surface area contributed by atoms with Gasteiger partial charge in [0.05, 0.1) is 0 Å². The first-order valence-electron chi connectivity index (χ1n) is 4.96. The number of carbonyl (C=O) groups excluding carboxylic acids is 1. The number of aryl methyl sites for hydroxylation is 1. The van der Waals surface area contributed by atoms with E-state index in [4.69, 9.17) is 5.73 Å². The number of nitrogens with two attached hydrogens (primary N) is 1. The van der Waals surface area contributed by atoms with Crippen molar-refractivity contribution in [1.82, 2.24) is 0 Å². The van der Waals surface area contributed by atoms with Crippen LogP contribution in [0.2, 0.25) is 0 Å². The fourth-order valence-corrected chi connectivity index (χ4v) is 2.00. The summed E-state index contributed by atoms with van der Waals surface area (Å²) in [6, 6.07) is 4.09. The summed E-state index contributed by atoms with van der Waals surface area (Å²) >= 11 is 1.71. The molecule has 0 spiro atoms. The predicted octanol–water partition coefficient (Wildman–Crippen LogP) is 2.23. The minimum absolute atomic E-state index is 0.325. The first-order valence-corrected chi connectivity index (χ1v) is 5.84. The van der Waals surface area contributed by atoms with E-state index in [1.807, 2.05) is 18.4 Å². The molecule has 0 aliphatic carbocycles. The third kappa shape index (κ3) is 4.03. The molecule has 0 saturated carbocycles. The van der Waals surface area contributed by atoms with Gasteiger partial charge in [0.15, 0.2) is 0 Å². The number of ketones is 1. The number of Topliss-reactive ketones (excluding diaryl/α,β-unsaturated/α-hetero) is 1. The molecule has 1 heterocycles. The van der Waals surface area contributed by atoms with E-state index in [2.05, 4.69) is 6.07 Å². The lowest BCUT2D eigenvalue weighted by Crippen LogP contribution is -2.15. The summed E-state index contributed by atoms with van der Waals surface area (Å²) in [4.78, 5) is 12.7. The molecule has 0 saturated heterocycles. The highest BCUT2D eigenvalue weighted by Crippen LogP contribution is 2.12. The van der Waals surface area contributed by atoms with Crippen molar-refractivity contribution in [2.75, 3.05) is 6.54 Å². The topological polar surface area (TPSA) is 43.1 Å². The number of hydrogen-bond acceptors (Lipinski definition) is 3. The van der Waals surface area contributed by atoms with E-state index < -0.39 is 0 Å². The van der Waals surface area contributed by atoms with E-state index in [-0.39, 0.29) is 0 Å². The maximum atomic E-state index is 11.5. The molecule has 0 aliphatic rings. The van der Waals surface area contributed by atoms with Crippen molar-refractivity contribution in [3.05, 3.63) is 22.4 Å². The van der Waals surface area contributed by atoms with Gasteiger partial charge in [-0.2, -0.15) is 0 Å². The van der Waals surface area contributed by atoms with Crippen LogP contribution in [0.5, 0.6) is 0 Å². The van der Waals surface area contributed by atoms with Crippen molar-refractivity contribution in [3.8, 4) is 0 Å². The van der Waals surface area contributed by atoms with Crippen LogP contribution in [-0.2, 0) is 11.2 Å². The summed E-state index contributed by atoms with van der Waals surface area (Å²) in [5.74, 6) is 0.655. The average Bonchev–Trinajstić information content (AvgIpc) is 2.67. The van der Waals surface area contributed by atoms with Gasteiger partial charge in [0, 0.05) is 17.7 Å². The largest absolute Gasteiger partial charge is 0.330 e. The first kappa shape index (κ1) is 11.4. The first-order chi connectivity index (χ1) is 6.72. The lowest BCUT2D eigenvalue weighted by Gasteiger charge is -2.06. The third-order valence-electron chi connectivity index (χ3n) is 2.21. The molecule has 78 valence electrons. The number of rotatable bonds is 6. The molecule has 0 amide bonds. The van der Waals surface area contributed by atoms with Crippen LogP contribution in [0.25, 0.3) is 0 Å². The Morgan fingerprint density at radius 1 is 1.64 bits per heavy atom. The highest BCUT2D eigenvalue weighted by Gasteiger charge is 2.07. The lowest BCUT2D eigenvalue weighted by atomic mass is 10.0. The fourth-order valence-electron chi connectivity index (χ4n) is 1.29. The molecule has 0 aromatic carbocycles. The maximum Gasteiger partial charge on any atom is 0.133 e. The van der Waals surface area contributed by atoms with E-state index in [9.17, 15) is 4.79 Å². The summed E-state index contributed by atoms with van der Waals surface area (Å²) < 4.78 is 0. The molecule has 0 radical (unpaired) electrons. The minimum Gasteiger partial charge on any atom is -0.330 e. The van der Waals surface area contributed by atoms with E-state index >= 15 is 0 Å². The van der Waals surface area contributed by atoms with Crippen LogP contribution < -0.4 is 5.73 Å². The van der Waals surface area contributed by atoms with Gasteiger partial charge >= 0.3 is 0 Å². The van der Waals surface area contributed by atoms with Gasteiger partial charge in [-0.3, -0.25) is 4.79 Å². The second kappa shape index (κ2) is 5.94. The molecule has 0 fully saturated rings. The number of carbonyl (C=O) groups is 1. The molecule has 1 aromatic heterocycles. The fraction of sp³-hybridized carbons (Fsp3) is 0.545. The van der Waals surface area contributed by atoms with Gasteiger partial charge in [0.2, 0.25) is 0 Å². The molecule has 1 unspecified atom stereocenters. The van der Waals surface area contributed by atoms with Crippen molar-refractivity contribution < 1.29 is 4.79 Å². The van der Waals surface area contributed by atoms with Gasteiger partial charge in [0.25, 0.3) is 0 Å². The minimum atomic E-state index is 0.325. The summed E-state index contributed by atoms with van der Waals surface area (Å²) in [6.07, 6.45) is 2.17. The van der Waals surface area contributed by atoms with E-state index in [0.717, 1.165) is 6.42 Å². The van der Waals surface area contributed by atoms with Crippen LogP contribution >= 0.6 is 11.3 Å². The molecule has 14 heavy (non-hydrogen) atoms. The van der Waals surface area contributed by atoms with E-state index in [1.54, 1.807) is 11.3 Å². The van der Waals surface area contributed by atoms with Crippen LogP contribution in [0.4, 0.5) is 0 Å². The Hall–Kier alpha value is -0.670. The quantitative estimate of drug-likeness (QED) is 0.784. The molecule has 1 atom stereocenters. The second-order valence-electron chi connectivity index (χ2n) is 3.66. The number of hydrogen-bond donors (Lipinski definition) is 1. The van der Waals surface area contributed by atoms with Gasteiger partial charge in [0.1, 0.15) is 5.78 Å². The molecule has 1 rings (SSSR count). The SMILES string of the molecule is CC(CN)CC(=O)CCc1cccs1. The normalized spacial score (nSPS) is 12.7. The van der Waals surface area contributed by atoms with Gasteiger partial charge in [-0.05, 0) is 30.3 Å². The van der Waals surface area contributed by atoms with Crippen molar-refractivity contribution in [2.24, 2.45) is 11.7 Å². The molecule has 2 N–H and O–H groups in total. The lowest BCUT2D eigenvalue weighted by molar-refractivity contribution is -0.119. The van der Waals surface area contributed by atoms with E-state index in [0.29, 0.717) is 31.1 Å². The van der Waals surface area contributed by atoms with Crippen LogP contribution in [0, 0.1) is 5.92 Å². The highest BCUT2D eigenvalue weighted by atomic mass is 32.1. The smallest absolute Gasteiger partial charge is 0.133 e. The Balaban J connectivity index is 2.22. The number of thiophene rings is 1. The van der Waals surface area contributed by atoms with Crippen LogP contribution in [0.15, 0.2) is 17.5 Å². The van der Waals surface area contributed by atoms with Crippen LogP contribution in [-0.4, -0.2) is 12.3 Å². The van der Waals surface area contributed by atoms with Crippen molar-refractivity contribution in [2.45, 2.75) is 26.2 Å². The Morgan fingerprint density at radius 2 is 2.43 bits per heavy atom. The van der Waals surface area contributed by atoms with Gasteiger partial charge in [-0.15, -0.1) is 11.3 Å². The molecule has 0 bridgehead atoms. The van der Waals surface area contributed by atoms with Crippen LogP contribution in [0.3, 0.4) is 0 Å². The predicted molar refractivity (Wildman–Crippen MR) is 60.5 cm³/mol. The van der Waals surface area contributed by atoms with Crippen molar-refractivity contribution in [3.63, 3.8) is 0 Å². The highest BCUT2D eigenvalue weighted by molar-refractivity contribution is 7.09. The summed E-state index contributed by atoms with van der Waals surface area (Å²) in [7, 11) is 0. The third-order valence-corrected chi connectivity index (χ3v) is 3.15. The van der Waals surface area contributed by atoms with Crippen molar-refractivity contribution in [1.29, 1.82) is 0 Å². The summed E-state index contributed by atoms with van der Waals surface area (Å²) in [5.41, 5.74) is 5.46. The van der Waals surface area contributed by atoms with Gasteiger partial charge in [-0.25, -0.2) is 0 Å². The summed E-state index contributed by atoms with van der Waals surface area (Å²) in [6.45, 7) is 2.62. The Labute approximate surface area is 89.1 Å². The zero-order chi connectivity index (χ0) is 10.4. The Morgan fingerprint density at radius 3 is 3.00 bits per heavy atom. The zero-order valence-electron chi connectivity index (χ0n) is 8.53. The molecule has 0 aliphatic heterocycles. The molecule has 1 aromatic rings. The monoisotopic (exact) mass is 211 g/mol. The van der Waals surface area contributed by atoms with E-state index in [1.165, 1.54) is 4.88 Å². The Kier molecular flexibility index (Phi) is 4.84. The van der Waals surface area contributed by atoms with Gasteiger partial charge < -0.3 is 5.73 Å². The molecule has 2 nitrogen and oxygen atoms in total. The maximum absolute atomic E-state index is 11.5. The Bertz CT molecular complexity index is 269.